The van der Waals surface area contributed by atoms with Crippen LogP contribution in [0.2, 0.25) is 0 Å². The number of anilines is 1. The number of amides is 2. The van der Waals surface area contributed by atoms with Gasteiger partial charge in [0.1, 0.15) is 12.4 Å². The van der Waals surface area contributed by atoms with Crippen LogP contribution in [-0.4, -0.2) is 75.9 Å². The summed E-state index contributed by atoms with van der Waals surface area (Å²) >= 11 is 0. The molecule has 1 aromatic rings. The van der Waals surface area contributed by atoms with Crippen molar-refractivity contribution >= 4 is 17.5 Å². The second-order valence-electron chi connectivity index (χ2n) is 8.64. The van der Waals surface area contributed by atoms with Crippen molar-refractivity contribution in [2.75, 3.05) is 52.4 Å². The van der Waals surface area contributed by atoms with Gasteiger partial charge in [-0.15, -0.1) is 0 Å². The van der Waals surface area contributed by atoms with Crippen LogP contribution >= 0.6 is 0 Å². The highest BCUT2D eigenvalue weighted by Crippen LogP contribution is 2.26. The standard InChI is InChI=1S/C23H35N3O5/c1-15-12-24-16(2)14-31-20-6-5-18(25-22(27)17-7-9-30-10-8-17)11-19(20)23(28)26(3)13-21(15)29-4/h5-6,11,15-17,21,24H,7-10,12-14H2,1-4H3,(H,25,27)/t15-,16+,21+/m1/s1. The summed E-state index contributed by atoms with van der Waals surface area (Å²) < 4.78 is 17.0. The van der Waals surface area contributed by atoms with Gasteiger partial charge in [0, 0.05) is 58.1 Å². The van der Waals surface area contributed by atoms with Gasteiger partial charge < -0.3 is 29.7 Å². The van der Waals surface area contributed by atoms with Crippen LogP contribution in [0.4, 0.5) is 5.69 Å². The maximum absolute atomic E-state index is 13.3. The second kappa shape index (κ2) is 10.9. The number of likely N-dealkylation sites (N-methyl/N-ethyl adjacent to an activating group) is 1. The smallest absolute Gasteiger partial charge is 0.257 e. The Morgan fingerprint density at radius 2 is 2.00 bits per heavy atom. The maximum atomic E-state index is 13.3. The first-order valence-corrected chi connectivity index (χ1v) is 11.1. The lowest BCUT2D eigenvalue weighted by Crippen LogP contribution is -2.44. The molecule has 1 fully saturated rings. The fourth-order valence-corrected chi connectivity index (χ4v) is 3.94. The summed E-state index contributed by atoms with van der Waals surface area (Å²) in [6.07, 6.45) is 1.33. The molecule has 0 aromatic heterocycles. The molecule has 1 aromatic carbocycles. The van der Waals surface area contributed by atoms with E-state index in [0.717, 1.165) is 6.54 Å². The second-order valence-corrected chi connectivity index (χ2v) is 8.64. The first kappa shape index (κ1) is 23.5. The molecule has 2 aliphatic rings. The average molecular weight is 434 g/mol. The lowest BCUT2D eigenvalue weighted by Gasteiger charge is -2.30. The number of hydrogen-bond acceptors (Lipinski definition) is 6. The molecule has 31 heavy (non-hydrogen) atoms. The van der Waals surface area contributed by atoms with Crippen LogP contribution in [0, 0.1) is 11.8 Å². The van der Waals surface area contributed by atoms with Gasteiger partial charge in [-0.05, 0) is 43.9 Å². The molecule has 3 rings (SSSR count). The van der Waals surface area contributed by atoms with Crippen LogP contribution in [-0.2, 0) is 14.3 Å². The molecule has 3 atom stereocenters. The number of carbonyl (C=O) groups excluding carboxylic acids is 2. The molecule has 2 aliphatic heterocycles. The van der Waals surface area contributed by atoms with Crippen molar-refractivity contribution in [2.45, 2.75) is 38.8 Å². The minimum Gasteiger partial charge on any atom is -0.491 e. The Morgan fingerprint density at radius 3 is 2.71 bits per heavy atom. The zero-order valence-electron chi connectivity index (χ0n) is 19.0. The van der Waals surface area contributed by atoms with Gasteiger partial charge in [-0.3, -0.25) is 9.59 Å². The Bertz CT molecular complexity index is 766. The van der Waals surface area contributed by atoms with Gasteiger partial charge in [-0.2, -0.15) is 0 Å². The fraction of sp³-hybridized carbons (Fsp3) is 0.652. The molecule has 0 aliphatic carbocycles. The van der Waals surface area contributed by atoms with E-state index in [0.29, 0.717) is 56.2 Å². The molecule has 172 valence electrons. The monoisotopic (exact) mass is 433 g/mol. The quantitative estimate of drug-likeness (QED) is 0.759. The summed E-state index contributed by atoms with van der Waals surface area (Å²) in [5, 5.41) is 6.43. The Balaban J connectivity index is 1.83. The van der Waals surface area contributed by atoms with Crippen LogP contribution in [0.15, 0.2) is 18.2 Å². The number of carbonyl (C=O) groups is 2. The number of hydrogen-bond donors (Lipinski definition) is 2. The van der Waals surface area contributed by atoms with E-state index < -0.39 is 0 Å². The minimum atomic E-state index is -0.160. The highest BCUT2D eigenvalue weighted by atomic mass is 16.5. The van der Waals surface area contributed by atoms with Crippen LogP contribution < -0.4 is 15.4 Å². The number of methoxy groups -OCH3 is 1. The van der Waals surface area contributed by atoms with E-state index in [1.165, 1.54) is 0 Å². The first-order valence-electron chi connectivity index (χ1n) is 11.1. The minimum absolute atomic E-state index is 0.0378. The largest absolute Gasteiger partial charge is 0.491 e. The highest BCUT2D eigenvalue weighted by Gasteiger charge is 2.26. The Hall–Kier alpha value is -2.16. The zero-order chi connectivity index (χ0) is 22.4. The normalized spacial score (nSPS) is 26.3. The van der Waals surface area contributed by atoms with Crippen molar-refractivity contribution in [3.05, 3.63) is 23.8 Å². The molecular weight excluding hydrogens is 398 g/mol. The van der Waals surface area contributed by atoms with E-state index in [9.17, 15) is 9.59 Å². The lowest BCUT2D eigenvalue weighted by molar-refractivity contribution is -0.122. The van der Waals surface area contributed by atoms with Gasteiger partial charge in [0.25, 0.3) is 5.91 Å². The number of benzene rings is 1. The van der Waals surface area contributed by atoms with Gasteiger partial charge in [-0.25, -0.2) is 0 Å². The van der Waals surface area contributed by atoms with Crippen molar-refractivity contribution in [3.8, 4) is 5.75 Å². The maximum Gasteiger partial charge on any atom is 0.257 e. The number of fused-ring (bicyclic) bond motifs is 1. The fourth-order valence-electron chi connectivity index (χ4n) is 3.94. The van der Waals surface area contributed by atoms with Gasteiger partial charge in [0.15, 0.2) is 0 Å². The lowest BCUT2D eigenvalue weighted by atomic mass is 9.99. The molecule has 1 saturated heterocycles. The summed E-state index contributed by atoms with van der Waals surface area (Å²) in [7, 11) is 3.44. The summed E-state index contributed by atoms with van der Waals surface area (Å²) in [4.78, 5) is 27.6. The van der Waals surface area contributed by atoms with Crippen LogP contribution in [0.25, 0.3) is 0 Å². The van der Waals surface area contributed by atoms with E-state index in [-0.39, 0.29) is 35.8 Å². The average Bonchev–Trinajstić information content (AvgIpc) is 2.79. The molecule has 2 heterocycles. The first-order chi connectivity index (χ1) is 14.9. The summed E-state index contributed by atoms with van der Waals surface area (Å²) in [5.74, 6) is 0.473. The number of rotatable bonds is 3. The molecule has 0 spiro atoms. The Kier molecular flexibility index (Phi) is 8.28. The number of nitrogens with one attached hydrogen (secondary N) is 2. The molecule has 0 radical (unpaired) electrons. The van der Waals surface area contributed by atoms with Gasteiger partial charge >= 0.3 is 0 Å². The van der Waals surface area contributed by atoms with Crippen molar-refractivity contribution in [1.29, 1.82) is 0 Å². The zero-order valence-corrected chi connectivity index (χ0v) is 19.0. The molecule has 8 nitrogen and oxygen atoms in total. The highest BCUT2D eigenvalue weighted by molar-refractivity contribution is 5.99. The number of nitrogens with zero attached hydrogens (tertiary/aromatic N) is 1. The Labute approximate surface area is 184 Å². The summed E-state index contributed by atoms with van der Waals surface area (Å²) in [6.45, 7) is 7.03. The van der Waals surface area contributed by atoms with Gasteiger partial charge in [-0.1, -0.05) is 6.92 Å². The predicted molar refractivity (Wildman–Crippen MR) is 118 cm³/mol. The van der Waals surface area contributed by atoms with Crippen molar-refractivity contribution < 1.29 is 23.8 Å². The molecule has 0 unspecified atom stereocenters. The van der Waals surface area contributed by atoms with Crippen LogP contribution in [0.5, 0.6) is 5.75 Å². The van der Waals surface area contributed by atoms with Crippen LogP contribution in [0.3, 0.4) is 0 Å². The Morgan fingerprint density at radius 1 is 1.26 bits per heavy atom. The third kappa shape index (κ3) is 6.18. The predicted octanol–water partition coefficient (Wildman–Crippen LogP) is 2.15. The van der Waals surface area contributed by atoms with Crippen molar-refractivity contribution in [2.24, 2.45) is 11.8 Å². The van der Waals surface area contributed by atoms with Crippen molar-refractivity contribution in [1.82, 2.24) is 10.2 Å². The molecule has 0 bridgehead atoms. The van der Waals surface area contributed by atoms with E-state index in [1.807, 2.05) is 0 Å². The molecular formula is C23H35N3O5. The van der Waals surface area contributed by atoms with Gasteiger partial charge in [0.05, 0.1) is 11.7 Å². The third-order valence-corrected chi connectivity index (χ3v) is 6.08. The molecule has 8 heteroatoms. The number of ether oxygens (including phenoxy) is 3. The van der Waals surface area contributed by atoms with E-state index in [2.05, 4.69) is 24.5 Å². The summed E-state index contributed by atoms with van der Waals surface area (Å²) in [6, 6.07) is 5.37. The van der Waals surface area contributed by atoms with E-state index in [4.69, 9.17) is 14.2 Å². The van der Waals surface area contributed by atoms with E-state index >= 15 is 0 Å². The van der Waals surface area contributed by atoms with E-state index in [1.54, 1.807) is 37.3 Å². The van der Waals surface area contributed by atoms with Crippen LogP contribution in [0.1, 0.15) is 37.0 Å². The topological polar surface area (TPSA) is 89.1 Å². The molecule has 0 saturated carbocycles. The molecule has 2 amide bonds. The van der Waals surface area contributed by atoms with Gasteiger partial charge in [0.2, 0.25) is 5.91 Å². The third-order valence-electron chi connectivity index (χ3n) is 6.08. The SMILES string of the molecule is CO[C@H]1CN(C)C(=O)c2cc(NC(=O)C3CCOCC3)ccc2OC[C@H](C)NC[C@H]1C. The summed E-state index contributed by atoms with van der Waals surface area (Å²) in [5.41, 5.74) is 1.03. The van der Waals surface area contributed by atoms with Crippen molar-refractivity contribution in [3.63, 3.8) is 0 Å². The molecule has 2 N–H and O–H groups in total.